The number of methoxy groups -OCH3 is 3. The molecule has 0 saturated carbocycles. The first-order chi connectivity index (χ1) is 15.9. The number of carbonyl (C=O) groups is 2. The van der Waals surface area contributed by atoms with Gasteiger partial charge in [-0.25, -0.2) is 0 Å². The van der Waals surface area contributed by atoms with Crippen molar-refractivity contribution in [2.75, 3.05) is 41.1 Å². The number of ketones is 1. The van der Waals surface area contributed by atoms with Crippen LogP contribution in [-0.2, 0) is 14.3 Å². The van der Waals surface area contributed by atoms with Crippen LogP contribution in [0, 0.1) is 6.92 Å². The normalized spacial score (nSPS) is 17.4. The number of amides is 1. The fourth-order valence-corrected chi connectivity index (χ4v) is 3.96. The van der Waals surface area contributed by atoms with Crippen LogP contribution in [0.2, 0.25) is 0 Å². The highest BCUT2D eigenvalue weighted by Gasteiger charge is 2.46. The lowest BCUT2D eigenvalue weighted by Crippen LogP contribution is -2.32. The second-order valence-corrected chi connectivity index (χ2v) is 7.51. The Balaban J connectivity index is 2.18. The van der Waals surface area contributed by atoms with Gasteiger partial charge in [-0.1, -0.05) is 6.07 Å². The van der Waals surface area contributed by atoms with Gasteiger partial charge < -0.3 is 29.0 Å². The van der Waals surface area contributed by atoms with Gasteiger partial charge in [-0.15, -0.1) is 0 Å². The molecule has 3 rings (SSSR count). The van der Waals surface area contributed by atoms with E-state index in [1.807, 2.05) is 13.8 Å². The molecule has 1 amide bonds. The molecule has 0 aliphatic carbocycles. The second-order valence-electron chi connectivity index (χ2n) is 7.51. The van der Waals surface area contributed by atoms with E-state index < -0.39 is 17.7 Å². The summed E-state index contributed by atoms with van der Waals surface area (Å²) in [5, 5.41) is 11.2. The maximum absolute atomic E-state index is 13.1. The molecule has 0 radical (unpaired) electrons. The van der Waals surface area contributed by atoms with E-state index in [2.05, 4.69) is 0 Å². The average molecular weight is 456 g/mol. The van der Waals surface area contributed by atoms with Crippen molar-refractivity contribution >= 4 is 17.4 Å². The van der Waals surface area contributed by atoms with Gasteiger partial charge in [-0.05, 0) is 55.3 Å². The van der Waals surface area contributed by atoms with Gasteiger partial charge >= 0.3 is 0 Å². The van der Waals surface area contributed by atoms with Crippen LogP contribution in [0.1, 0.15) is 29.7 Å². The Morgan fingerprint density at radius 3 is 2.30 bits per heavy atom. The SMILES string of the molecule is CCOc1ccc([C@H]2C(=C(O)c3ccc(OC)c(C)c3)C(=O)C(=O)N2CCOC)cc1OC. The molecule has 0 bridgehead atoms. The zero-order valence-corrected chi connectivity index (χ0v) is 19.5. The Hall–Kier alpha value is -3.52. The molecule has 1 atom stereocenters. The van der Waals surface area contributed by atoms with Crippen molar-refractivity contribution in [1.82, 2.24) is 4.90 Å². The molecule has 0 aromatic heterocycles. The third-order valence-electron chi connectivity index (χ3n) is 5.55. The molecule has 33 heavy (non-hydrogen) atoms. The van der Waals surface area contributed by atoms with E-state index in [4.69, 9.17) is 18.9 Å². The van der Waals surface area contributed by atoms with Crippen LogP contribution in [0.5, 0.6) is 17.2 Å². The Bertz CT molecular complexity index is 1080. The minimum absolute atomic E-state index is 0.00637. The zero-order valence-electron chi connectivity index (χ0n) is 19.5. The van der Waals surface area contributed by atoms with E-state index in [1.54, 1.807) is 43.5 Å². The maximum Gasteiger partial charge on any atom is 0.295 e. The average Bonchev–Trinajstić information content (AvgIpc) is 3.07. The molecule has 176 valence electrons. The summed E-state index contributed by atoms with van der Waals surface area (Å²) in [6.45, 7) is 4.57. The first-order valence-electron chi connectivity index (χ1n) is 10.6. The topological polar surface area (TPSA) is 94.5 Å². The Morgan fingerprint density at radius 1 is 1.00 bits per heavy atom. The van der Waals surface area contributed by atoms with Crippen molar-refractivity contribution in [1.29, 1.82) is 0 Å². The third-order valence-corrected chi connectivity index (χ3v) is 5.55. The summed E-state index contributed by atoms with van der Waals surface area (Å²) in [7, 11) is 4.60. The molecule has 2 aromatic rings. The number of aliphatic hydroxyl groups excluding tert-OH is 1. The van der Waals surface area contributed by atoms with Crippen LogP contribution in [0.15, 0.2) is 42.0 Å². The molecule has 0 unspecified atom stereocenters. The summed E-state index contributed by atoms with van der Waals surface area (Å²) in [5.41, 5.74) is 1.82. The van der Waals surface area contributed by atoms with Crippen molar-refractivity contribution in [3.05, 3.63) is 58.7 Å². The maximum atomic E-state index is 13.1. The van der Waals surface area contributed by atoms with Gasteiger partial charge in [0.25, 0.3) is 11.7 Å². The Morgan fingerprint density at radius 2 is 1.70 bits per heavy atom. The molecule has 1 N–H and O–H groups in total. The number of carbonyl (C=O) groups excluding carboxylic acids is 2. The van der Waals surface area contributed by atoms with Crippen molar-refractivity contribution in [2.24, 2.45) is 0 Å². The van der Waals surface area contributed by atoms with E-state index in [1.165, 1.54) is 19.1 Å². The van der Waals surface area contributed by atoms with Crippen LogP contribution in [-0.4, -0.2) is 62.8 Å². The number of ether oxygens (including phenoxy) is 4. The number of hydrogen-bond acceptors (Lipinski definition) is 7. The fourth-order valence-electron chi connectivity index (χ4n) is 3.96. The first-order valence-corrected chi connectivity index (χ1v) is 10.6. The quantitative estimate of drug-likeness (QED) is 0.351. The highest BCUT2D eigenvalue weighted by Crippen LogP contribution is 2.42. The van der Waals surface area contributed by atoms with Crippen molar-refractivity contribution in [3.63, 3.8) is 0 Å². The van der Waals surface area contributed by atoms with Crippen molar-refractivity contribution < 1.29 is 33.6 Å². The summed E-state index contributed by atoms with van der Waals surface area (Å²) in [4.78, 5) is 27.4. The number of Topliss-reactive ketones (excluding diaryl/α,β-unsaturated/α-hetero) is 1. The second kappa shape index (κ2) is 10.4. The van der Waals surface area contributed by atoms with Crippen LogP contribution in [0.4, 0.5) is 0 Å². The molecule has 1 aliphatic rings. The van der Waals surface area contributed by atoms with Crippen LogP contribution in [0.3, 0.4) is 0 Å². The van der Waals surface area contributed by atoms with Gasteiger partial charge in [0.05, 0.1) is 39.0 Å². The van der Waals surface area contributed by atoms with Gasteiger partial charge in [-0.2, -0.15) is 0 Å². The molecule has 1 saturated heterocycles. The number of hydrogen-bond donors (Lipinski definition) is 1. The molecule has 2 aromatic carbocycles. The van der Waals surface area contributed by atoms with E-state index in [0.29, 0.717) is 35.0 Å². The molecule has 0 spiro atoms. The molecular formula is C25H29NO7. The summed E-state index contributed by atoms with van der Waals surface area (Å²) in [6.07, 6.45) is 0. The lowest BCUT2D eigenvalue weighted by molar-refractivity contribution is -0.140. The number of likely N-dealkylation sites (tertiary alicyclic amines) is 1. The van der Waals surface area contributed by atoms with Crippen molar-refractivity contribution in [3.8, 4) is 17.2 Å². The molecule has 1 heterocycles. The Labute approximate surface area is 193 Å². The minimum Gasteiger partial charge on any atom is -0.507 e. The number of benzene rings is 2. The van der Waals surface area contributed by atoms with Gasteiger partial charge in [0, 0.05) is 19.2 Å². The van der Waals surface area contributed by atoms with Gasteiger partial charge in [0.1, 0.15) is 11.5 Å². The van der Waals surface area contributed by atoms with E-state index in [-0.39, 0.29) is 24.5 Å². The predicted octanol–water partition coefficient (Wildman–Crippen LogP) is 3.48. The van der Waals surface area contributed by atoms with E-state index in [9.17, 15) is 14.7 Å². The number of nitrogens with zero attached hydrogens (tertiary/aromatic N) is 1. The standard InChI is InChI=1S/C25H29NO7/c1-6-33-19-10-7-16(14-20(19)32-5)22-21(24(28)25(29)26(22)11-12-30-3)23(27)17-8-9-18(31-4)15(2)13-17/h7-10,13-14,22,27H,6,11-12H2,1-5H3/t22-/m0/s1. The molecule has 1 fully saturated rings. The Kier molecular flexibility index (Phi) is 7.60. The third kappa shape index (κ3) is 4.66. The van der Waals surface area contributed by atoms with Crippen molar-refractivity contribution in [2.45, 2.75) is 19.9 Å². The lowest BCUT2D eigenvalue weighted by atomic mass is 9.94. The monoisotopic (exact) mass is 455 g/mol. The largest absolute Gasteiger partial charge is 0.507 e. The first kappa shape index (κ1) is 24.1. The number of rotatable bonds is 9. The highest BCUT2D eigenvalue weighted by molar-refractivity contribution is 6.46. The molecule has 8 heteroatoms. The van der Waals surface area contributed by atoms with Crippen LogP contribution in [0.25, 0.3) is 5.76 Å². The lowest BCUT2D eigenvalue weighted by Gasteiger charge is -2.25. The van der Waals surface area contributed by atoms with E-state index in [0.717, 1.165) is 5.56 Å². The minimum atomic E-state index is -0.813. The van der Waals surface area contributed by atoms with E-state index >= 15 is 0 Å². The van der Waals surface area contributed by atoms with Gasteiger partial charge in [0.15, 0.2) is 11.5 Å². The summed E-state index contributed by atoms with van der Waals surface area (Å²) in [6, 6.07) is 9.47. The molecule has 8 nitrogen and oxygen atoms in total. The summed E-state index contributed by atoms with van der Waals surface area (Å²) < 4.78 is 21.5. The summed E-state index contributed by atoms with van der Waals surface area (Å²) in [5.74, 6) is -0.0429. The highest BCUT2D eigenvalue weighted by atomic mass is 16.5. The fraction of sp³-hybridized carbons (Fsp3) is 0.360. The summed E-state index contributed by atoms with van der Waals surface area (Å²) >= 11 is 0. The predicted molar refractivity (Wildman–Crippen MR) is 123 cm³/mol. The van der Waals surface area contributed by atoms with Crippen LogP contribution < -0.4 is 14.2 Å². The smallest absolute Gasteiger partial charge is 0.295 e. The number of aliphatic hydroxyl groups is 1. The zero-order chi connectivity index (χ0) is 24.1. The van der Waals surface area contributed by atoms with Crippen LogP contribution >= 0.6 is 0 Å². The van der Waals surface area contributed by atoms with Gasteiger partial charge in [-0.3, -0.25) is 9.59 Å². The molecule has 1 aliphatic heterocycles. The number of aryl methyl sites for hydroxylation is 1. The van der Waals surface area contributed by atoms with Gasteiger partial charge in [0.2, 0.25) is 0 Å². The molecular weight excluding hydrogens is 426 g/mol.